The van der Waals surface area contributed by atoms with Crippen molar-refractivity contribution in [1.82, 2.24) is 0 Å². The average molecular weight is 276 g/mol. The van der Waals surface area contributed by atoms with Crippen molar-refractivity contribution in [3.63, 3.8) is 0 Å². The molecule has 2 aromatic rings. The number of rotatable bonds is 0. The maximum atomic E-state index is 5.34. The maximum absolute atomic E-state index is 5.34. The predicted molar refractivity (Wildman–Crippen MR) is 86.2 cm³/mol. The first-order valence-corrected chi connectivity index (χ1v) is 6.91. The highest BCUT2D eigenvalue weighted by molar-refractivity contribution is 5.59. The SMILES string of the molecule is C1=COc2ccccc2C=C1.C1=Cc2ccccc2OC1. The van der Waals surface area contributed by atoms with Crippen molar-refractivity contribution in [2.45, 2.75) is 0 Å². The van der Waals surface area contributed by atoms with E-state index >= 15 is 0 Å². The summed E-state index contributed by atoms with van der Waals surface area (Å²) < 4.78 is 10.6. The first-order valence-electron chi connectivity index (χ1n) is 6.91. The highest BCUT2D eigenvalue weighted by Gasteiger charge is 2.01. The van der Waals surface area contributed by atoms with E-state index in [1.165, 1.54) is 5.56 Å². The molecular weight excluding hydrogens is 260 g/mol. The van der Waals surface area contributed by atoms with Crippen LogP contribution in [0.4, 0.5) is 0 Å². The van der Waals surface area contributed by atoms with Gasteiger partial charge in [-0.05, 0) is 24.3 Å². The molecule has 0 unspecified atom stereocenters. The predicted octanol–water partition coefficient (Wildman–Crippen LogP) is 4.70. The highest BCUT2D eigenvalue weighted by atomic mass is 16.5. The lowest BCUT2D eigenvalue weighted by atomic mass is 10.1. The second-order valence-corrected chi connectivity index (χ2v) is 4.59. The Balaban J connectivity index is 0.000000126. The van der Waals surface area contributed by atoms with Crippen LogP contribution in [-0.4, -0.2) is 6.61 Å². The van der Waals surface area contributed by atoms with Crippen molar-refractivity contribution in [3.8, 4) is 11.5 Å². The fourth-order valence-electron chi connectivity index (χ4n) is 2.11. The van der Waals surface area contributed by atoms with Crippen LogP contribution in [-0.2, 0) is 0 Å². The molecule has 21 heavy (non-hydrogen) atoms. The van der Waals surface area contributed by atoms with Gasteiger partial charge in [0.15, 0.2) is 0 Å². The summed E-state index contributed by atoms with van der Waals surface area (Å²) in [5.41, 5.74) is 2.30. The summed E-state index contributed by atoms with van der Waals surface area (Å²) >= 11 is 0. The van der Waals surface area contributed by atoms with Gasteiger partial charge in [-0.1, -0.05) is 54.6 Å². The third-order valence-corrected chi connectivity index (χ3v) is 3.13. The molecule has 0 spiro atoms. The Morgan fingerprint density at radius 2 is 1.43 bits per heavy atom. The zero-order valence-electron chi connectivity index (χ0n) is 11.6. The van der Waals surface area contributed by atoms with E-state index in [4.69, 9.17) is 9.47 Å². The van der Waals surface area contributed by atoms with E-state index in [0.717, 1.165) is 17.1 Å². The van der Waals surface area contributed by atoms with E-state index in [1.807, 2.05) is 72.8 Å². The zero-order valence-corrected chi connectivity index (χ0v) is 11.6. The van der Waals surface area contributed by atoms with Crippen molar-refractivity contribution >= 4 is 12.2 Å². The molecule has 2 nitrogen and oxygen atoms in total. The minimum atomic E-state index is 0.705. The van der Waals surface area contributed by atoms with Crippen LogP contribution in [0.25, 0.3) is 12.2 Å². The summed E-state index contributed by atoms with van der Waals surface area (Å²) in [6.07, 6.45) is 11.6. The van der Waals surface area contributed by atoms with Crippen LogP contribution in [0.15, 0.2) is 73.0 Å². The van der Waals surface area contributed by atoms with Gasteiger partial charge in [-0.15, -0.1) is 0 Å². The monoisotopic (exact) mass is 276 g/mol. The second-order valence-electron chi connectivity index (χ2n) is 4.59. The quantitative estimate of drug-likeness (QED) is 0.694. The molecule has 2 aromatic carbocycles. The lowest BCUT2D eigenvalue weighted by Crippen LogP contribution is -1.98. The average Bonchev–Trinajstić information content (AvgIpc) is 2.81. The third kappa shape index (κ3) is 3.42. The van der Waals surface area contributed by atoms with Crippen LogP contribution in [0, 0.1) is 0 Å². The number of hydrogen-bond acceptors (Lipinski definition) is 2. The van der Waals surface area contributed by atoms with Crippen LogP contribution in [0.5, 0.6) is 11.5 Å². The van der Waals surface area contributed by atoms with Crippen LogP contribution >= 0.6 is 0 Å². The van der Waals surface area contributed by atoms with Crippen molar-refractivity contribution in [1.29, 1.82) is 0 Å². The van der Waals surface area contributed by atoms with Crippen LogP contribution in [0.2, 0.25) is 0 Å². The molecule has 0 saturated heterocycles. The number of benzene rings is 2. The molecule has 0 radical (unpaired) electrons. The Kier molecular flexibility index (Phi) is 4.18. The second kappa shape index (κ2) is 6.62. The molecule has 4 rings (SSSR count). The van der Waals surface area contributed by atoms with E-state index in [-0.39, 0.29) is 0 Å². The Morgan fingerprint density at radius 1 is 0.714 bits per heavy atom. The lowest BCUT2D eigenvalue weighted by molar-refractivity contribution is 0.358. The van der Waals surface area contributed by atoms with E-state index in [1.54, 1.807) is 6.26 Å². The van der Waals surface area contributed by atoms with Crippen LogP contribution < -0.4 is 9.47 Å². The lowest BCUT2D eigenvalue weighted by Gasteiger charge is -2.10. The minimum Gasteiger partial charge on any atom is -0.489 e. The van der Waals surface area contributed by atoms with Crippen LogP contribution in [0.3, 0.4) is 0 Å². The molecule has 0 aromatic heterocycles. The Bertz CT molecular complexity index is 696. The molecule has 0 fully saturated rings. The number of fused-ring (bicyclic) bond motifs is 2. The summed E-state index contributed by atoms with van der Waals surface area (Å²) in [6, 6.07) is 16.0. The number of para-hydroxylation sites is 2. The van der Waals surface area contributed by atoms with Gasteiger partial charge in [-0.3, -0.25) is 0 Å². The van der Waals surface area contributed by atoms with Gasteiger partial charge in [0.2, 0.25) is 0 Å². The summed E-state index contributed by atoms with van der Waals surface area (Å²) in [6.45, 7) is 0.705. The number of allylic oxidation sites excluding steroid dienone is 2. The molecule has 104 valence electrons. The van der Waals surface area contributed by atoms with Crippen molar-refractivity contribution in [3.05, 3.63) is 84.1 Å². The maximum Gasteiger partial charge on any atom is 0.133 e. The van der Waals surface area contributed by atoms with E-state index in [9.17, 15) is 0 Å². The smallest absolute Gasteiger partial charge is 0.133 e. The fraction of sp³-hybridized carbons (Fsp3) is 0.0526. The molecule has 0 saturated carbocycles. The van der Waals surface area contributed by atoms with E-state index < -0.39 is 0 Å². The van der Waals surface area contributed by atoms with Gasteiger partial charge in [0.1, 0.15) is 18.1 Å². The topological polar surface area (TPSA) is 18.5 Å². The van der Waals surface area contributed by atoms with Gasteiger partial charge in [0.25, 0.3) is 0 Å². The molecule has 0 bridgehead atoms. The van der Waals surface area contributed by atoms with Crippen LogP contribution in [0.1, 0.15) is 11.1 Å². The molecule has 0 amide bonds. The summed E-state index contributed by atoms with van der Waals surface area (Å²) in [5.74, 6) is 1.91. The number of hydrogen-bond donors (Lipinski definition) is 0. The molecule has 0 atom stereocenters. The van der Waals surface area contributed by atoms with Crippen molar-refractivity contribution in [2.75, 3.05) is 6.61 Å². The molecule has 0 N–H and O–H groups in total. The molecule has 2 heterocycles. The normalized spacial score (nSPS) is 13.7. The Morgan fingerprint density at radius 3 is 2.24 bits per heavy atom. The Hall–Kier alpha value is -2.74. The highest BCUT2D eigenvalue weighted by Crippen LogP contribution is 2.22. The van der Waals surface area contributed by atoms with Gasteiger partial charge in [-0.25, -0.2) is 0 Å². The minimum absolute atomic E-state index is 0.705. The first kappa shape index (κ1) is 13.3. The molecule has 2 heteroatoms. The van der Waals surface area contributed by atoms with Gasteiger partial charge in [0, 0.05) is 11.1 Å². The molecular formula is C19H16O2. The van der Waals surface area contributed by atoms with Gasteiger partial charge in [0.05, 0.1) is 6.26 Å². The van der Waals surface area contributed by atoms with Crippen molar-refractivity contribution < 1.29 is 9.47 Å². The standard InChI is InChI=1S/C10H8O.C9H8O/c1-2-7-10-9(5-1)6-3-4-8-11-10;1-2-6-9-8(4-1)5-3-7-10-9/h1-8H;1-6H,7H2. The van der Waals surface area contributed by atoms with Gasteiger partial charge < -0.3 is 9.47 Å². The number of ether oxygens (including phenoxy) is 2. The summed E-state index contributed by atoms with van der Waals surface area (Å²) in [5, 5.41) is 0. The fourth-order valence-corrected chi connectivity index (χ4v) is 2.11. The first-order chi connectivity index (χ1) is 10.4. The van der Waals surface area contributed by atoms with E-state index in [0.29, 0.717) is 6.61 Å². The van der Waals surface area contributed by atoms with Crippen molar-refractivity contribution in [2.24, 2.45) is 0 Å². The van der Waals surface area contributed by atoms with Gasteiger partial charge >= 0.3 is 0 Å². The molecule has 2 aliphatic rings. The largest absolute Gasteiger partial charge is 0.489 e. The van der Waals surface area contributed by atoms with Gasteiger partial charge in [-0.2, -0.15) is 0 Å². The molecule has 0 aliphatic carbocycles. The summed E-state index contributed by atoms with van der Waals surface area (Å²) in [7, 11) is 0. The summed E-state index contributed by atoms with van der Waals surface area (Å²) in [4.78, 5) is 0. The Labute approximate surface area is 124 Å². The zero-order chi connectivity index (χ0) is 14.3. The van der Waals surface area contributed by atoms with E-state index in [2.05, 4.69) is 6.08 Å². The third-order valence-electron chi connectivity index (χ3n) is 3.13. The molecule has 2 aliphatic heterocycles.